The Morgan fingerprint density at radius 1 is 1.21 bits per heavy atom. The lowest BCUT2D eigenvalue weighted by Gasteiger charge is -2.37. The van der Waals surface area contributed by atoms with E-state index in [9.17, 15) is 9.18 Å². The number of carbonyl (C=O) groups excluding carboxylic acids is 1. The van der Waals surface area contributed by atoms with E-state index >= 15 is 0 Å². The third kappa shape index (κ3) is 4.91. The van der Waals surface area contributed by atoms with Crippen molar-refractivity contribution in [3.8, 4) is 5.75 Å². The number of benzene rings is 1. The van der Waals surface area contributed by atoms with Crippen LogP contribution in [0.2, 0.25) is 0 Å². The number of carbonyl (C=O) groups is 1. The lowest BCUT2D eigenvalue weighted by Crippen LogP contribution is -2.25. The summed E-state index contributed by atoms with van der Waals surface area (Å²) in [6.45, 7) is 17.0. The van der Waals surface area contributed by atoms with Crippen LogP contribution in [0.3, 0.4) is 0 Å². The molecule has 0 bridgehead atoms. The Morgan fingerprint density at radius 2 is 1.86 bits per heavy atom. The fraction of sp³-hybridized carbons (Fsp3) is 0.560. The molecule has 0 spiro atoms. The molecule has 0 atom stereocenters. The maximum Gasteiger partial charge on any atom is 0.367 e. The highest BCUT2D eigenvalue weighted by Crippen LogP contribution is 2.48. The van der Waals surface area contributed by atoms with Crippen molar-refractivity contribution >= 4 is 17.1 Å². The number of allylic oxidation sites excluding steroid dienone is 3. The van der Waals surface area contributed by atoms with E-state index in [2.05, 4.69) is 40.7 Å². The molecular weight excluding hydrogens is 367 g/mol. The van der Waals surface area contributed by atoms with Gasteiger partial charge in [-0.25, -0.2) is 4.79 Å². The predicted molar refractivity (Wildman–Crippen MR) is 118 cm³/mol. The minimum atomic E-state index is -0.934. The lowest BCUT2D eigenvalue weighted by molar-refractivity contribution is -0.140. The third-order valence-corrected chi connectivity index (χ3v) is 5.41. The van der Waals surface area contributed by atoms with Crippen molar-refractivity contribution in [1.29, 1.82) is 0 Å². The molecule has 0 heterocycles. The van der Waals surface area contributed by atoms with Gasteiger partial charge < -0.3 is 9.47 Å². The van der Waals surface area contributed by atoms with E-state index < -0.39 is 11.8 Å². The highest BCUT2D eigenvalue weighted by Gasteiger charge is 2.34. The van der Waals surface area contributed by atoms with Crippen LogP contribution in [0.1, 0.15) is 84.9 Å². The molecule has 0 radical (unpaired) electrons. The molecule has 3 nitrogen and oxygen atoms in total. The topological polar surface area (TPSA) is 35.5 Å². The molecule has 0 N–H and O–H groups in total. The van der Waals surface area contributed by atoms with Crippen molar-refractivity contribution in [2.24, 2.45) is 5.41 Å². The fourth-order valence-electron chi connectivity index (χ4n) is 3.74. The highest BCUT2D eigenvalue weighted by atomic mass is 19.1. The molecule has 0 saturated heterocycles. The van der Waals surface area contributed by atoms with Gasteiger partial charge in [0.2, 0.25) is 5.83 Å². The quantitative estimate of drug-likeness (QED) is 0.385. The maximum atomic E-state index is 14.8. The summed E-state index contributed by atoms with van der Waals surface area (Å²) >= 11 is 0. The standard InChI is InChI=1S/C25H35FO3/c1-9-13-29-21-15-20-18(19(24(4,5)6)11-12-25(20,7)8)14-17(21)16(3)22(26)23(27)28-10-2/h11,14-15H,9-10,12-13H2,1-8H3/b22-16+. The van der Waals surface area contributed by atoms with Gasteiger partial charge in [-0.1, -0.05) is 47.6 Å². The predicted octanol–water partition coefficient (Wildman–Crippen LogP) is 6.85. The van der Waals surface area contributed by atoms with Crippen molar-refractivity contribution in [2.75, 3.05) is 13.2 Å². The molecular formula is C25H35FO3. The van der Waals surface area contributed by atoms with Gasteiger partial charge in [0.1, 0.15) is 5.75 Å². The van der Waals surface area contributed by atoms with Crippen LogP contribution in [0.25, 0.3) is 11.1 Å². The molecule has 4 heteroatoms. The second-order valence-corrected chi connectivity index (χ2v) is 9.36. The SMILES string of the molecule is CCCOc1cc2c(cc1/C(C)=C(/F)C(=O)OCC)C(C(C)(C)C)=CCC2(C)C. The Hall–Kier alpha value is -2.10. The number of ether oxygens (including phenoxy) is 2. The molecule has 1 aromatic carbocycles. The van der Waals surface area contributed by atoms with Crippen LogP contribution in [0.4, 0.5) is 4.39 Å². The van der Waals surface area contributed by atoms with Gasteiger partial charge >= 0.3 is 5.97 Å². The maximum absolute atomic E-state index is 14.8. The van der Waals surface area contributed by atoms with Crippen LogP contribution in [-0.2, 0) is 14.9 Å². The van der Waals surface area contributed by atoms with Crippen LogP contribution in [0.5, 0.6) is 5.75 Å². The first-order valence-corrected chi connectivity index (χ1v) is 10.5. The molecule has 0 saturated carbocycles. The van der Waals surface area contributed by atoms with Crippen molar-refractivity contribution < 1.29 is 18.7 Å². The summed E-state index contributed by atoms with van der Waals surface area (Å²) in [5, 5.41) is 0. The molecule has 1 aromatic rings. The molecule has 0 aliphatic heterocycles. The van der Waals surface area contributed by atoms with E-state index in [1.54, 1.807) is 13.8 Å². The summed E-state index contributed by atoms with van der Waals surface area (Å²) in [5.41, 5.74) is 4.28. The third-order valence-electron chi connectivity index (χ3n) is 5.41. The van der Waals surface area contributed by atoms with Gasteiger partial charge in [-0.15, -0.1) is 0 Å². The van der Waals surface area contributed by atoms with Crippen molar-refractivity contribution in [2.45, 2.75) is 73.6 Å². The summed E-state index contributed by atoms with van der Waals surface area (Å²) in [7, 11) is 0. The number of halogens is 1. The number of hydrogen-bond acceptors (Lipinski definition) is 3. The monoisotopic (exact) mass is 402 g/mol. The summed E-state index contributed by atoms with van der Waals surface area (Å²) in [4.78, 5) is 12.0. The zero-order valence-electron chi connectivity index (χ0n) is 19.2. The van der Waals surface area contributed by atoms with E-state index in [0.29, 0.717) is 17.9 Å². The second kappa shape index (κ2) is 8.73. The van der Waals surface area contributed by atoms with Crippen LogP contribution in [0, 0.1) is 5.41 Å². The van der Waals surface area contributed by atoms with E-state index in [4.69, 9.17) is 9.47 Å². The van der Waals surface area contributed by atoms with Gasteiger partial charge in [0.15, 0.2) is 0 Å². The Morgan fingerprint density at radius 3 is 2.41 bits per heavy atom. The van der Waals surface area contributed by atoms with E-state index in [1.165, 1.54) is 11.1 Å². The van der Waals surface area contributed by atoms with E-state index in [0.717, 1.165) is 18.4 Å². The number of rotatable bonds is 6. The molecule has 0 aromatic heterocycles. The zero-order valence-corrected chi connectivity index (χ0v) is 19.2. The molecule has 0 unspecified atom stereocenters. The Labute approximate surface area is 175 Å². The highest BCUT2D eigenvalue weighted by molar-refractivity contribution is 5.96. The van der Waals surface area contributed by atoms with Crippen molar-refractivity contribution in [3.05, 3.63) is 40.7 Å². The Bertz CT molecular complexity index is 838. The Balaban J connectivity index is 2.76. The lowest BCUT2D eigenvalue weighted by atomic mass is 9.67. The summed E-state index contributed by atoms with van der Waals surface area (Å²) in [5.74, 6) is -1.19. The average molecular weight is 403 g/mol. The van der Waals surface area contributed by atoms with Gasteiger partial charge in [-0.2, -0.15) is 4.39 Å². The molecule has 1 aliphatic carbocycles. The van der Waals surface area contributed by atoms with Crippen LogP contribution in [-0.4, -0.2) is 19.2 Å². The zero-order chi connectivity index (χ0) is 22.0. The van der Waals surface area contributed by atoms with Gasteiger partial charge in [-0.05, 0) is 66.4 Å². The normalized spacial score (nSPS) is 16.5. The largest absolute Gasteiger partial charge is 0.493 e. The number of hydrogen-bond donors (Lipinski definition) is 0. The van der Waals surface area contributed by atoms with Crippen LogP contribution >= 0.6 is 0 Å². The first-order chi connectivity index (χ1) is 13.4. The van der Waals surface area contributed by atoms with Gasteiger partial charge in [0.25, 0.3) is 0 Å². The fourth-order valence-corrected chi connectivity index (χ4v) is 3.74. The van der Waals surface area contributed by atoms with Gasteiger partial charge in [0, 0.05) is 11.1 Å². The van der Waals surface area contributed by atoms with E-state index in [-0.39, 0.29) is 23.0 Å². The number of esters is 1. The van der Waals surface area contributed by atoms with Crippen molar-refractivity contribution in [3.63, 3.8) is 0 Å². The minimum Gasteiger partial charge on any atom is -0.493 e. The first kappa shape index (κ1) is 23.2. The van der Waals surface area contributed by atoms with Crippen molar-refractivity contribution in [1.82, 2.24) is 0 Å². The van der Waals surface area contributed by atoms with Crippen LogP contribution < -0.4 is 4.74 Å². The smallest absolute Gasteiger partial charge is 0.367 e. The van der Waals surface area contributed by atoms with Gasteiger partial charge in [-0.3, -0.25) is 0 Å². The molecule has 1 aliphatic rings. The molecule has 2 rings (SSSR count). The summed E-state index contributed by atoms with van der Waals surface area (Å²) < 4.78 is 25.7. The molecule has 29 heavy (non-hydrogen) atoms. The second-order valence-electron chi connectivity index (χ2n) is 9.36. The molecule has 160 valence electrons. The molecule has 0 amide bonds. The summed E-state index contributed by atoms with van der Waals surface area (Å²) in [6, 6.07) is 4.04. The molecule has 0 fully saturated rings. The van der Waals surface area contributed by atoms with Crippen LogP contribution in [0.15, 0.2) is 24.0 Å². The Kier molecular flexibility index (Phi) is 6.97. The van der Waals surface area contributed by atoms with E-state index in [1.807, 2.05) is 19.1 Å². The van der Waals surface area contributed by atoms with Gasteiger partial charge in [0.05, 0.1) is 13.2 Å². The first-order valence-electron chi connectivity index (χ1n) is 10.5. The average Bonchev–Trinajstić information content (AvgIpc) is 2.63. The minimum absolute atomic E-state index is 0.0500. The summed E-state index contributed by atoms with van der Waals surface area (Å²) in [6.07, 6.45) is 4.07. The number of fused-ring (bicyclic) bond motifs is 1.